The number of hydrogen-bond acceptors (Lipinski definition) is 3. The van der Waals surface area contributed by atoms with E-state index in [0.717, 1.165) is 24.6 Å². The number of hydrogen-bond donors (Lipinski definition) is 0. The molecule has 0 N–H and O–H groups in total. The Balaban J connectivity index is 2.25. The van der Waals surface area contributed by atoms with Gasteiger partial charge in [-0.05, 0) is 37.8 Å². The van der Waals surface area contributed by atoms with Crippen LogP contribution in [0.1, 0.15) is 45.9 Å². The number of aryl methyl sites for hydroxylation is 1. The Morgan fingerprint density at radius 2 is 1.74 bits per heavy atom. The maximum atomic E-state index is 5.78. The van der Waals surface area contributed by atoms with Crippen molar-refractivity contribution < 1.29 is 4.74 Å². The van der Waals surface area contributed by atoms with Crippen LogP contribution >= 0.6 is 0 Å². The summed E-state index contributed by atoms with van der Waals surface area (Å²) in [6, 6.07) is 4.38. The van der Waals surface area contributed by atoms with Gasteiger partial charge in [0.15, 0.2) is 0 Å². The van der Waals surface area contributed by atoms with E-state index in [0.29, 0.717) is 0 Å². The van der Waals surface area contributed by atoms with Gasteiger partial charge < -0.3 is 9.64 Å². The van der Waals surface area contributed by atoms with E-state index in [1.807, 2.05) is 0 Å². The molecule has 0 radical (unpaired) electrons. The average Bonchev–Trinajstić information content (AvgIpc) is 2.25. The topological polar surface area (TPSA) is 25.4 Å². The zero-order valence-corrected chi connectivity index (χ0v) is 13.0. The molecule has 2 rings (SSSR count). The van der Waals surface area contributed by atoms with E-state index in [1.165, 1.54) is 5.56 Å². The Hall–Kier alpha value is -1.09. The third-order valence-electron chi connectivity index (χ3n) is 3.62. The van der Waals surface area contributed by atoms with Gasteiger partial charge in [-0.3, -0.25) is 0 Å². The SMILES string of the molecule is Cc1nc(N2CC(C)OC(C)C2)ccc1C(C)(C)C. The predicted octanol–water partition coefficient (Wildman–Crippen LogP) is 3.30. The molecular weight excluding hydrogens is 236 g/mol. The van der Waals surface area contributed by atoms with Crippen molar-refractivity contribution in [3.05, 3.63) is 23.4 Å². The number of morpholine rings is 1. The standard InChI is InChI=1S/C16H26N2O/c1-11-9-18(10-12(2)19-11)15-8-7-14(13(3)17-15)16(4,5)6/h7-8,11-12H,9-10H2,1-6H3. The van der Waals surface area contributed by atoms with Crippen LogP contribution in [0.15, 0.2) is 12.1 Å². The molecule has 1 saturated heterocycles. The van der Waals surface area contributed by atoms with Crippen LogP contribution in [0, 0.1) is 6.92 Å². The van der Waals surface area contributed by atoms with Crippen molar-refractivity contribution in [1.82, 2.24) is 4.98 Å². The Morgan fingerprint density at radius 3 is 2.21 bits per heavy atom. The number of rotatable bonds is 1. The first kappa shape index (κ1) is 14.3. The Bertz CT molecular complexity index is 441. The van der Waals surface area contributed by atoms with Crippen molar-refractivity contribution in [2.24, 2.45) is 0 Å². The molecule has 1 aromatic heterocycles. The van der Waals surface area contributed by atoms with Gasteiger partial charge in [0, 0.05) is 18.8 Å². The summed E-state index contributed by atoms with van der Waals surface area (Å²) >= 11 is 0. The molecule has 0 saturated carbocycles. The summed E-state index contributed by atoms with van der Waals surface area (Å²) < 4.78 is 5.78. The molecule has 3 nitrogen and oxygen atoms in total. The lowest BCUT2D eigenvalue weighted by atomic mass is 9.86. The van der Waals surface area contributed by atoms with Gasteiger partial charge in [0.2, 0.25) is 0 Å². The van der Waals surface area contributed by atoms with Gasteiger partial charge in [0.1, 0.15) is 5.82 Å². The second-order valence-corrected chi connectivity index (χ2v) is 6.71. The van der Waals surface area contributed by atoms with Crippen LogP contribution in [0.2, 0.25) is 0 Å². The molecule has 0 bridgehead atoms. The quantitative estimate of drug-likeness (QED) is 0.776. The molecule has 2 unspecified atom stereocenters. The highest BCUT2D eigenvalue weighted by Gasteiger charge is 2.24. The fourth-order valence-electron chi connectivity index (χ4n) is 2.88. The average molecular weight is 262 g/mol. The van der Waals surface area contributed by atoms with Gasteiger partial charge in [-0.2, -0.15) is 0 Å². The molecule has 0 aliphatic carbocycles. The molecule has 3 heteroatoms. The maximum Gasteiger partial charge on any atom is 0.128 e. The summed E-state index contributed by atoms with van der Waals surface area (Å²) in [5, 5.41) is 0. The lowest BCUT2D eigenvalue weighted by Gasteiger charge is -2.36. The van der Waals surface area contributed by atoms with Crippen LogP contribution in [-0.4, -0.2) is 30.3 Å². The highest BCUT2D eigenvalue weighted by Crippen LogP contribution is 2.27. The van der Waals surface area contributed by atoms with Gasteiger partial charge in [-0.15, -0.1) is 0 Å². The molecule has 1 aliphatic heterocycles. The van der Waals surface area contributed by atoms with Crippen molar-refractivity contribution in [3.8, 4) is 0 Å². The first-order chi connectivity index (χ1) is 8.77. The van der Waals surface area contributed by atoms with Gasteiger partial charge >= 0.3 is 0 Å². The number of pyridine rings is 1. The zero-order valence-electron chi connectivity index (χ0n) is 13.0. The molecular formula is C16H26N2O. The van der Waals surface area contributed by atoms with Crippen LogP contribution in [0.4, 0.5) is 5.82 Å². The van der Waals surface area contributed by atoms with Crippen molar-refractivity contribution in [3.63, 3.8) is 0 Å². The summed E-state index contributed by atoms with van der Waals surface area (Å²) in [6.07, 6.45) is 0.543. The molecule has 0 spiro atoms. The minimum atomic E-state index is 0.154. The minimum Gasteiger partial charge on any atom is -0.372 e. The summed E-state index contributed by atoms with van der Waals surface area (Å²) in [4.78, 5) is 7.13. The van der Waals surface area contributed by atoms with Crippen molar-refractivity contribution >= 4 is 5.82 Å². The Morgan fingerprint density at radius 1 is 1.16 bits per heavy atom. The third-order valence-corrected chi connectivity index (χ3v) is 3.62. The Kier molecular flexibility index (Phi) is 3.86. The largest absolute Gasteiger partial charge is 0.372 e. The molecule has 1 fully saturated rings. The second-order valence-electron chi connectivity index (χ2n) is 6.71. The minimum absolute atomic E-state index is 0.154. The van der Waals surface area contributed by atoms with Gasteiger partial charge in [-0.1, -0.05) is 26.8 Å². The summed E-state index contributed by atoms with van der Waals surface area (Å²) in [5.41, 5.74) is 2.61. The monoisotopic (exact) mass is 262 g/mol. The van der Waals surface area contributed by atoms with Crippen molar-refractivity contribution in [2.75, 3.05) is 18.0 Å². The number of aromatic nitrogens is 1. The van der Waals surface area contributed by atoms with E-state index in [2.05, 4.69) is 58.6 Å². The summed E-state index contributed by atoms with van der Waals surface area (Å²) in [7, 11) is 0. The van der Waals surface area contributed by atoms with Crippen LogP contribution in [0.25, 0.3) is 0 Å². The van der Waals surface area contributed by atoms with Gasteiger partial charge in [0.05, 0.1) is 12.2 Å². The van der Waals surface area contributed by atoms with E-state index in [9.17, 15) is 0 Å². The lowest BCUT2D eigenvalue weighted by molar-refractivity contribution is -0.00547. The molecule has 106 valence electrons. The van der Waals surface area contributed by atoms with E-state index in [4.69, 9.17) is 9.72 Å². The normalized spacial score (nSPS) is 24.6. The van der Waals surface area contributed by atoms with Crippen molar-refractivity contribution in [2.45, 2.75) is 59.2 Å². The smallest absolute Gasteiger partial charge is 0.128 e. The number of ether oxygens (including phenoxy) is 1. The molecule has 0 aromatic carbocycles. The van der Waals surface area contributed by atoms with Crippen LogP contribution in [0.3, 0.4) is 0 Å². The molecule has 2 atom stereocenters. The van der Waals surface area contributed by atoms with Gasteiger partial charge in [0.25, 0.3) is 0 Å². The van der Waals surface area contributed by atoms with E-state index < -0.39 is 0 Å². The first-order valence-corrected chi connectivity index (χ1v) is 7.16. The predicted molar refractivity (Wildman–Crippen MR) is 79.9 cm³/mol. The van der Waals surface area contributed by atoms with E-state index in [1.54, 1.807) is 0 Å². The number of anilines is 1. The second kappa shape index (κ2) is 5.12. The highest BCUT2D eigenvalue weighted by molar-refractivity contribution is 5.44. The third kappa shape index (κ3) is 3.27. The molecule has 0 amide bonds. The van der Waals surface area contributed by atoms with Crippen LogP contribution < -0.4 is 4.90 Å². The molecule has 1 aliphatic rings. The summed E-state index contributed by atoms with van der Waals surface area (Å²) in [5.74, 6) is 1.08. The maximum absolute atomic E-state index is 5.78. The molecule has 19 heavy (non-hydrogen) atoms. The molecule has 2 heterocycles. The highest BCUT2D eigenvalue weighted by atomic mass is 16.5. The van der Waals surface area contributed by atoms with Crippen LogP contribution in [-0.2, 0) is 10.2 Å². The summed E-state index contributed by atoms with van der Waals surface area (Å²) in [6.45, 7) is 14.9. The molecule has 1 aromatic rings. The zero-order chi connectivity index (χ0) is 14.2. The number of nitrogens with zero attached hydrogens (tertiary/aromatic N) is 2. The van der Waals surface area contributed by atoms with Gasteiger partial charge in [-0.25, -0.2) is 4.98 Å². The Labute approximate surface area is 117 Å². The van der Waals surface area contributed by atoms with E-state index >= 15 is 0 Å². The van der Waals surface area contributed by atoms with E-state index in [-0.39, 0.29) is 17.6 Å². The lowest BCUT2D eigenvalue weighted by Crippen LogP contribution is -2.45. The fourth-order valence-corrected chi connectivity index (χ4v) is 2.88. The van der Waals surface area contributed by atoms with Crippen LogP contribution in [0.5, 0.6) is 0 Å². The fraction of sp³-hybridized carbons (Fsp3) is 0.688. The first-order valence-electron chi connectivity index (χ1n) is 7.16. The van der Waals surface area contributed by atoms with Crippen molar-refractivity contribution in [1.29, 1.82) is 0 Å².